The number of fused-ring (bicyclic) bond motifs is 1. The maximum Gasteiger partial charge on any atom is 0.306 e. The highest BCUT2D eigenvalue weighted by molar-refractivity contribution is 5.69. The number of hydrogen-bond acceptors (Lipinski definition) is 7. The molecule has 342 valence electrons. The van der Waals surface area contributed by atoms with Crippen LogP contribution >= 0.6 is 0 Å². The van der Waals surface area contributed by atoms with Gasteiger partial charge < -0.3 is 23.8 Å². The van der Waals surface area contributed by atoms with Gasteiger partial charge in [0.25, 0.3) is 0 Å². The third kappa shape index (κ3) is 26.2. The fourth-order valence-electron chi connectivity index (χ4n) is 9.27. The fraction of sp³-hybridized carbons (Fsp3) is 0.961. The topological polar surface area (TPSA) is 74.3 Å². The molecule has 1 saturated carbocycles. The summed E-state index contributed by atoms with van der Waals surface area (Å²) in [6.45, 7) is 7.37. The molecule has 0 spiro atoms. The highest BCUT2D eigenvalue weighted by Gasteiger charge is 2.49. The predicted octanol–water partition coefficient (Wildman–Crippen LogP) is 14.7. The lowest BCUT2D eigenvalue weighted by molar-refractivity contribution is -0.186. The molecule has 0 aromatic heterocycles. The van der Waals surface area contributed by atoms with Crippen LogP contribution in [0.15, 0.2) is 0 Å². The zero-order valence-electron chi connectivity index (χ0n) is 39.3. The van der Waals surface area contributed by atoms with Gasteiger partial charge in [0.15, 0.2) is 5.79 Å². The van der Waals surface area contributed by atoms with E-state index in [2.05, 4.69) is 39.8 Å². The summed E-state index contributed by atoms with van der Waals surface area (Å²) >= 11 is 0. The van der Waals surface area contributed by atoms with Crippen molar-refractivity contribution in [1.82, 2.24) is 4.90 Å². The summed E-state index contributed by atoms with van der Waals surface area (Å²) in [6, 6.07) is 0.551. The van der Waals surface area contributed by atoms with Crippen LogP contribution in [0.25, 0.3) is 0 Å². The average molecular weight is 820 g/mol. The molecule has 7 heteroatoms. The van der Waals surface area contributed by atoms with Crippen molar-refractivity contribution in [2.75, 3.05) is 20.7 Å². The highest BCUT2D eigenvalue weighted by atomic mass is 16.8. The summed E-state index contributed by atoms with van der Waals surface area (Å²) in [7, 11) is 4.36. The maximum atomic E-state index is 12.9. The van der Waals surface area contributed by atoms with E-state index in [9.17, 15) is 9.59 Å². The smallest absolute Gasteiger partial charge is 0.306 e. The molecule has 1 saturated heterocycles. The first kappa shape index (κ1) is 53.0. The van der Waals surface area contributed by atoms with Crippen LogP contribution in [0.2, 0.25) is 0 Å². The van der Waals surface area contributed by atoms with Gasteiger partial charge in [0.05, 0.1) is 18.8 Å². The highest BCUT2D eigenvalue weighted by Crippen LogP contribution is 2.43. The van der Waals surface area contributed by atoms with Crippen molar-refractivity contribution in [2.24, 2.45) is 0 Å². The quantitative estimate of drug-likeness (QED) is 0.0450. The van der Waals surface area contributed by atoms with Crippen LogP contribution in [0.3, 0.4) is 0 Å². The first-order valence-electron chi connectivity index (χ1n) is 25.7. The van der Waals surface area contributed by atoms with Gasteiger partial charge in [-0.2, -0.15) is 0 Å². The summed E-state index contributed by atoms with van der Waals surface area (Å²) < 4.78 is 25.4. The van der Waals surface area contributed by atoms with Crippen molar-refractivity contribution < 1.29 is 28.5 Å². The zero-order chi connectivity index (χ0) is 41.9. The van der Waals surface area contributed by atoms with Crippen LogP contribution in [-0.2, 0) is 28.5 Å². The van der Waals surface area contributed by atoms with E-state index in [4.69, 9.17) is 18.9 Å². The summed E-state index contributed by atoms with van der Waals surface area (Å²) in [6.07, 6.45) is 43.6. The van der Waals surface area contributed by atoms with Crippen molar-refractivity contribution in [3.8, 4) is 0 Å². The van der Waals surface area contributed by atoms with Crippen LogP contribution in [0, 0.1) is 0 Å². The molecule has 0 bridgehead atoms. The molecule has 0 N–H and O–H groups in total. The predicted molar refractivity (Wildman–Crippen MR) is 243 cm³/mol. The summed E-state index contributed by atoms with van der Waals surface area (Å²) in [5, 5.41) is 0. The Hall–Kier alpha value is -1.18. The molecule has 1 heterocycles. The van der Waals surface area contributed by atoms with Crippen molar-refractivity contribution in [3.05, 3.63) is 0 Å². The average Bonchev–Trinajstić information content (AvgIpc) is 3.58. The minimum atomic E-state index is -0.502. The van der Waals surface area contributed by atoms with E-state index in [0.29, 0.717) is 25.5 Å². The zero-order valence-corrected chi connectivity index (χ0v) is 39.3. The number of rotatable bonds is 40. The SMILES string of the molecule is CCCCCCCCCCCOC(=O)CCCCCC1(CCCCCCCC(=O)OC(CCCCCCCC)CCCCCCCC)O[C@@H]2CC[C@H](N(C)C)C[C@H]2O1. The van der Waals surface area contributed by atoms with Crippen molar-refractivity contribution in [1.29, 1.82) is 0 Å². The molecule has 2 aliphatic rings. The van der Waals surface area contributed by atoms with E-state index in [-0.39, 0.29) is 30.3 Å². The molecule has 2 rings (SSSR count). The first-order valence-corrected chi connectivity index (χ1v) is 25.7. The minimum absolute atomic E-state index is 0.0133. The van der Waals surface area contributed by atoms with Crippen molar-refractivity contribution >= 4 is 11.9 Å². The second-order valence-corrected chi connectivity index (χ2v) is 18.8. The second-order valence-electron chi connectivity index (χ2n) is 18.8. The van der Waals surface area contributed by atoms with Crippen LogP contribution in [-0.4, -0.2) is 67.7 Å². The third-order valence-corrected chi connectivity index (χ3v) is 13.1. The molecular formula is C51H97NO6. The molecule has 1 unspecified atom stereocenters. The third-order valence-electron chi connectivity index (χ3n) is 13.1. The number of ether oxygens (including phenoxy) is 4. The molecule has 1 aliphatic heterocycles. The number of unbranched alkanes of at least 4 members (excludes halogenated alkanes) is 24. The molecule has 1 aliphatic carbocycles. The molecule has 0 amide bonds. The van der Waals surface area contributed by atoms with E-state index in [1.54, 1.807) is 0 Å². The largest absolute Gasteiger partial charge is 0.466 e. The van der Waals surface area contributed by atoms with Gasteiger partial charge in [-0.05, 0) is 91.1 Å². The van der Waals surface area contributed by atoms with Crippen LogP contribution < -0.4 is 0 Å². The van der Waals surface area contributed by atoms with Gasteiger partial charge in [0.1, 0.15) is 6.10 Å². The molecule has 58 heavy (non-hydrogen) atoms. The van der Waals surface area contributed by atoms with Gasteiger partial charge >= 0.3 is 11.9 Å². The molecular weight excluding hydrogens is 723 g/mol. The molecule has 0 aromatic carbocycles. The van der Waals surface area contributed by atoms with Gasteiger partial charge in [-0.3, -0.25) is 9.59 Å². The van der Waals surface area contributed by atoms with Crippen LogP contribution in [0.1, 0.15) is 265 Å². The Morgan fingerprint density at radius 1 is 0.534 bits per heavy atom. The number of hydrogen-bond donors (Lipinski definition) is 0. The number of nitrogens with zero attached hydrogens (tertiary/aromatic N) is 1. The Morgan fingerprint density at radius 3 is 1.50 bits per heavy atom. The number of carbonyl (C=O) groups is 2. The van der Waals surface area contributed by atoms with E-state index in [1.807, 2.05) is 0 Å². The number of esters is 2. The van der Waals surface area contributed by atoms with Gasteiger partial charge in [0.2, 0.25) is 0 Å². The van der Waals surface area contributed by atoms with Crippen LogP contribution in [0.5, 0.6) is 0 Å². The molecule has 2 fully saturated rings. The first-order chi connectivity index (χ1) is 28.3. The molecule has 0 radical (unpaired) electrons. The van der Waals surface area contributed by atoms with Crippen molar-refractivity contribution in [2.45, 2.75) is 295 Å². The van der Waals surface area contributed by atoms with E-state index in [0.717, 1.165) is 109 Å². The standard InChI is InChI=1S/C51H97NO6/c1-6-9-12-15-18-19-20-26-34-43-55-49(53)37-31-27-33-42-51(57-47-40-39-45(52(4)5)44-48(47)58-51)41-32-25-21-24-30-38-50(54)56-46(35-28-22-16-13-10-7-2)36-29-23-17-14-11-8-3/h45-48H,6-44H2,1-5H3/t45-,47+,48+,51?/m0/s1. The lowest BCUT2D eigenvalue weighted by Crippen LogP contribution is -2.40. The molecule has 4 atom stereocenters. The molecule has 0 aromatic rings. The van der Waals surface area contributed by atoms with E-state index in [1.165, 1.54) is 122 Å². The number of carbonyl (C=O) groups excluding carboxylic acids is 2. The van der Waals surface area contributed by atoms with Gasteiger partial charge in [-0.25, -0.2) is 0 Å². The van der Waals surface area contributed by atoms with Crippen molar-refractivity contribution in [3.63, 3.8) is 0 Å². The second kappa shape index (κ2) is 35.4. The lowest BCUT2D eigenvalue weighted by atomic mass is 9.90. The van der Waals surface area contributed by atoms with Gasteiger partial charge in [-0.15, -0.1) is 0 Å². The Bertz CT molecular complexity index is 959. The minimum Gasteiger partial charge on any atom is -0.466 e. The lowest BCUT2D eigenvalue weighted by Gasteiger charge is -2.33. The van der Waals surface area contributed by atoms with Gasteiger partial charge in [0, 0.05) is 31.7 Å². The summed E-state index contributed by atoms with van der Waals surface area (Å²) in [5.41, 5.74) is 0. The van der Waals surface area contributed by atoms with E-state index >= 15 is 0 Å². The Kier molecular flexibility index (Phi) is 32.3. The maximum absolute atomic E-state index is 12.9. The van der Waals surface area contributed by atoms with Crippen LogP contribution in [0.4, 0.5) is 0 Å². The Labute approximate surface area is 360 Å². The monoisotopic (exact) mass is 820 g/mol. The Morgan fingerprint density at radius 2 is 0.966 bits per heavy atom. The van der Waals surface area contributed by atoms with E-state index < -0.39 is 5.79 Å². The fourth-order valence-corrected chi connectivity index (χ4v) is 9.27. The molecule has 7 nitrogen and oxygen atoms in total. The normalized spacial score (nSPS) is 20.6. The summed E-state index contributed by atoms with van der Waals surface area (Å²) in [5.74, 6) is -0.533. The van der Waals surface area contributed by atoms with Gasteiger partial charge in [-0.1, -0.05) is 162 Å². The summed E-state index contributed by atoms with van der Waals surface area (Å²) in [4.78, 5) is 27.7. The Balaban J connectivity index is 1.68.